The van der Waals surface area contributed by atoms with Crippen LogP contribution in [0, 0.1) is 12.7 Å². The lowest BCUT2D eigenvalue weighted by Crippen LogP contribution is -2.01. The van der Waals surface area contributed by atoms with Gasteiger partial charge in [0.1, 0.15) is 11.6 Å². The van der Waals surface area contributed by atoms with Crippen LogP contribution in [0.1, 0.15) is 11.4 Å². The average Bonchev–Trinajstić information content (AvgIpc) is 2.95. The molecule has 0 saturated carbocycles. The zero-order chi connectivity index (χ0) is 16.2. The lowest BCUT2D eigenvalue weighted by molar-refractivity contribution is 0.414. The van der Waals surface area contributed by atoms with Gasteiger partial charge in [0.2, 0.25) is 0 Å². The van der Waals surface area contributed by atoms with Gasteiger partial charge in [0.05, 0.1) is 24.7 Å². The highest BCUT2D eigenvalue weighted by Gasteiger charge is 2.06. The van der Waals surface area contributed by atoms with Crippen LogP contribution >= 0.6 is 0 Å². The van der Waals surface area contributed by atoms with Crippen molar-refractivity contribution in [2.75, 3.05) is 7.11 Å². The van der Waals surface area contributed by atoms with Gasteiger partial charge in [0.25, 0.3) is 0 Å². The molecule has 3 rings (SSSR count). The fraction of sp³-hybridized carbons (Fsp3) is 0.105. The fourth-order valence-electron chi connectivity index (χ4n) is 2.41. The summed E-state index contributed by atoms with van der Waals surface area (Å²) in [5.74, 6) is 0.557. The van der Waals surface area contributed by atoms with Gasteiger partial charge in [-0.1, -0.05) is 0 Å². The van der Waals surface area contributed by atoms with Crippen LogP contribution in [-0.2, 0) is 0 Å². The average molecular weight is 308 g/mol. The molecule has 0 aliphatic heterocycles. The maximum Gasteiger partial charge on any atom is 0.123 e. The zero-order valence-electron chi connectivity index (χ0n) is 13.0. The molecule has 0 aliphatic rings. The molecule has 0 amide bonds. The Morgan fingerprint density at radius 2 is 1.65 bits per heavy atom. The second-order valence-electron chi connectivity index (χ2n) is 5.17. The lowest BCUT2D eigenvalue weighted by Gasteiger charge is -2.10. The van der Waals surface area contributed by atoms with Crippen molar-refractivity contribution in [1.29, 1.82) is 0 Å². The summed E-state index contributed by atoms with van der Waals surface area (Å²) in [6.45, 7) is 2.04. The Labute approximate surface area is 134 Å². The first kappa shape index (κ1) is 15.0. The Balaban J connectivity index is 1.93. The molecule has 116 valence electrons. The molecule has 23 heavy (non-hydrogen) atoms. The molecule has 0 spiro atoms. The van der Waals surface area contributed by atoms with E-state index in [1.165, 1.54) is 12.1 Å². The minimum absolute atomic E-state index is 0.263. The molecule has 0 atom stereocenters. The third-order valence-electron chi connectivity index (χ3n) is 3.61. The molecule has 3 nitrogen and oxygen atoms in total. The van der Waals surface area contributed by atoms with E-state index in [-0.39, 0.29) is 5.82 Å². The van der Waals surface area contributed by atoms with E-state index in [0.717, 1.165) is 22.8 Å². The Kier molecular flexibility index (Phi) is 4.24. The molecular formula is C19H17FN2O. The number of methoxy groups -OCH3 is 1. The fourth-order valence-corrected chi connectivity index (χ4v) is 2.41. The summed E-state index contributed by atoms with van der Waals surface area (Å²) in [5.41, 5.74) is 3.81. The van der Waals surface area contributed by atoms with Crippen LogP contribution < -0.4 is 4.74 Å². The summed E-state index contributed by atoms with van der Waals surface area (Å²) in [7, 11) is 1.65. The molecule has 1 heterocycles. The van der Waals surface area contributed by atoms with Gasteiger partial charge >= 0.3 is 0 Å². The second-order valence-corrected chi connectivity index (χ2v) is 5.17. The van der Waals surface area contributed by atoms with Crippen LogP contribution in [0.5, 0.6) is 5.75 Å². The maximum atomic E-state index is 12.9. The van der Waals surface area contributed by atoms with Crippen molar-refractivity contribution in [3.8, 4) is 11.4 Å². The Morgan fingerprint density at radius 3 is 2.30 bits per heavy atom. The molecule has 2 aromatic carbocycles. The first-order valence-electron chi connectivity index (χ1n) is 7.30. The van der Waals surface area contributed by atoms with E-state index >= 15 is 0 Å². The van der Waals surface area contributed by atoms with E-state index in [9.17, 15) is 4.39 Å². The van der Waals surface area contributed by atoms with Crippen LogP contribution in [0.3, 0.4) is 0 Å². The maximum absolute atomic E-state index is 12.9. The van der Waals surface area contributed by atoms with Gasteiger partial charge < -0.3 is 9.30 Å². The van der Waals surface area contributed by atoms with Gasteiger partial charge in [-0.05, 0) is 67.6 Å². The van der Waals surface area contributed by atoms with Gasteiger partial charge in [0.15, 0.2) is 0 Å². The number of benzene rings is 2. The third kappa shape index (κ3) is 3.31. The molecule has 3 aromatic rings. The van der Waals surface area contributed by atoms with E-state index in [2.05, 4.69) is 9.56 Å². The Bertz CT molecular complexity index is 818. The summed E-state index contributed by atoms with van der Waals surface area (Å²) < 4.78 is 20.2. The summed E-state index contributed by atoms with van der Waals surface area (Å²) in [4.78, 5) is 4.41. The molecule has 0 unspecified atom stereocenters. The lowest BCUT2D eigenvalue weighted by atomic mass is 10.3. The SMILES string of the molecule is COc1ccc(-n2c(C)ccc2C=Nc2ccc(F)cc2)cc1. The van der Waals surface area contributed by atoms with Crippen molar-refractivity contribution in [1.82, 2.24) is 4.57 Å². The highest BCUT2D eigenvalue weighted by Crippen LogP contribution is 2.20. The number of aryl methyl sites for hydroxylation is 1. The Morgan fingerprint density at radius 1 is 0.957 bits per heavy atom. The minimum atomic E-state index is -0.263. The van der Waals surface area contributed by atoms with Crippen LogP contribution in [0.4, 0.5) is 10.1 Å². The first-order valence-corrected chi connectivity index (χ1v) is 7.30. The van der Waals surface area contributed by atoms with E-state index in [0.29, 0.717) is 5.69 Å². The highest BCUT2D eigenvalue weighted by molar-refractivity contribution is 5.81. The van der Waals surface area contributed by atoms with Gasteiger partial charge in [-0.15, -0.1) is 0 Å². The molecule has 1 aromatic heterocycles. The standard InChI is InChI=1S/C19H17FN2O/c1-14-3-8-18(13-21-16-6-4-15(20)5-7-16)22(14)17-9-11-19(23-2)12-10-17/h3-13H,1-2H3. The van der Waals surface area contributed by atoms with Crippen molar-refractivity contribution in [2.45, 2.75) is 6.92 Å². The minimum Gasteiger partial charge on any atom is -0.497 e. The monoisotopic (exact) mass is 308 g/mol. The molecule has 0 fully saturated rings. The summed E-state index contributed by atoms with van der Waals surface area (Å²) in [5, 5.41) is 0. The largest absolute Gasteiger partial charge is 0.497 e. The first-order chi connectivity index (χ1) is 11.2. The van der Waals surface area contributed by atoms with Crippen LogP contribution in [-0.4, -0.2) is 17.9 Å². The second kappa shape index (κ2) is 6.48. The zero-order valence-corrected chi connectivity index (χ0v) is 13.0. The van der Waals surface area contributed by atoms with Gasteiger partial charge in [-0.3, -0.25) is 4.99 Å². The van der Waals surface area contributed by atoms with Crippen LogP contribution in [0.25, 0.3) is 5.69 Å². The highest BCUT2D eigenvalue weighted by atomic mass is 19.1. The number of rotatable bonds is 4. The van der Waals surface area contributed by atoms with Crippen LogP contribution in [0.2, 0.25) is 0 Å². The van der Waals surface area contributed by atoms with Gasteiger partial charge in [-0.25, -0.2) is 4.39 Å². The number of nitrogens with zero attached hydrogens (tertiary/aromatic N) is 2. The topological polar surface area (TPSA) is 26.5 Å². The van der Waals surface area contributed by atoms with Crippen molar-refractivity contribution in [3.63, 3.8) is 0 Å². The van der Waals surface area contributed by atoms with Gasteiger partial charge in [0, 0.05) is 11.4 Å². The molecule has 0 bridgehead atoms. The summed E-state index contributed by atoms with van der Waals surface area (Å²) >= 11 is 0. The molecule has 0 radical (unpaired) electrons. The van der Waals surface area contributed by atoms with E-state index < -0.39 is 0 Å². The number of aromatic nitrogens is 1. The van der Waals surface area contributed by atoms with E-state index in [4.69, 9.17) is 4.74 Å². The number of aliphatic imine (C=N–C) groups is 1. The number of halogens is 1. The molecule has 4 heteroatoms. The Hall–Kier alpha value is -2.88. The van der Waals surface area contributed by atoms with Crippen molar-refractivity contribution in [3.05, 3.63) is 77.9 Å². The predicted octanol–water partition coefficient (Wildman–Crippen LogP) is 4.68. The molecular weight excluding hydrogens is 291 g/mol. The molecule has 0 saturated heterocycles. The summed E-state index contributed by atoms with van der Waals surface area (Å²) in [6, 6.07) is 18.0. The quantitative estimate of drug-likeness (QED) is 0.643. The van der Waals surface area contributed by atoms with Crippen LogP contribution in [0.15, 0.2) is 65.7 Å². The summed E-state index contributed by atoms with van der Waals surface area (Å²) in [6.07, 6.45) is 1.78. The van der Waals surface area contributed by atoms with Crippen molar-refractivity contribution < 1.29 is 9.13 Å². The van der Waals surface area contributed by atoms with E-state index in [1.807, 2.05) is 43.3 Å². The van der Waals surface area contributed by atoms with E-state index in [1.54, 1.807) is 25.5 Å². The predicted molar refractivity (Wildman–Crippen MR) is 90.7 cm³/mol. The van der Waals surface area contributed by atoms with Crippen molar-refractivity contribution >= 4 is 11.9 Å². The molecule has 0 N–H and O–H groups in total. The third-order valence-corrected chi connectivity index (χ3v) is 3.61. The number of hydrogen-bond acceptors (Lipinski definition) is 2. The normalized spacial score (nSPS) is 11.1. The smallest absolute Gasteiger partial charge is 0.123 e. The van der Waals surface area contributed by atoms with Crippen molar-refractivity contribution in [2.24, 2.45) is 4.99 Å². The number of hydrogen-bond donors (Lipinski definition) is 0. The molecule has 0 aliphatic carbocycles. The number of ether oxygens (including phenoxy) is 1. The van der Waals surface area contributed by atoms with Gasteiger partial charge in [-0.2, -0.15) is 0 Å².